The van der Waals surface area contributed by atoms with Gasteiger partial charge in [0.2, 0.25) is 0 Å². The maximum Gasteiger partial charge on any atom is 0.303 e. The minimum Gasteiger partial charge on any atom is -0.451 e. The highest BCUT2D eigenvalue weighted by molar-refractivity contribution is 8.00. The summed E-state index contributed by atoms with van der Waals surface area (Å²) in [6.07, 6.45) is 0.616. The first kappa shape index (κ1) is 23.4. The van der Waals surface area contributed by atoms with Crippen molar-refractivity contribution in [2.45, 2.75) is 55.9 Å². The fourth-order valence-electron chi connectivity index (χ4n) is 4.24. The van der Waals surface area contributed by atoms with E-state index >= 15 is 0 Å². The third kappa shape index (κ3) is 5.15. The van der Waals surface area contributed by atoms with Gasteiger partial charge in [0, 0.05) is 23.7 Å². The number of hydrogen-bond acceptors (Lipinski definition) is 5. The van der Waals surface area contributed by atoms with Gasteiger partial charge in [0.25, 0.3) is 8.32 Å². The van der Waals surface area contributed by atoms with Crippen LogP contribution in [0.15, 0.2) is 65.8 Å². The maximum atomic E-state index is 11.5. The normalized spacial score (nSPS) is 21.4. The number of thioether (sulfide) groups is 1. The summed E-state index contributed by atoms with van der Waals surface area (Å²) in [6.45, 7) is 8.59. The number of ether oxygens (including phenoxy) is 1. The molecule has 0 amide bonds. The Labute approximate surface area is 189 Å². The highest BCUT2D eigenvalue weighted by Gasteiger charge is 2.51. The lowest BCUT2D eigenvalue weighted by molar-refractivity contribution is -0.142. The second-order valence-corrected chi connectivity index (χ2v) is 14.4. The van der Waals surface area contributed by atoms with Gasteiger partial charge in [0.1, 0.15) is 0 Å². The van der Waals surface area contributed by atoms with Crippen LogP contribution >= 0.6 is 11.8 Å². The minimum absolute atomic E-state index is 0.0708. The molecule has 0 N–H and O–H groups in total. The van der Waals surface area contributed by atoms with Gasteiger partial charge in [-0.15, -0.1) is 11.8 Å². The number of hydrogen-bond donors (Lipinski definition) is 0. The van der Waals surface area contributed by atoms with Crippen LogP contribution in [0.4, 0.5) is 0 Å². The Hall–Kier alpha value is -2.25. The number of benzene rings is 2. The summed E-state index contributed by atoms with van der Waals surface area (Å²) in [5.74, 6) is -0.371. The predicted octanol–water partition coefficient (Wildman–Crippen LogP) is 4.64. The lowest BCUT2D eigenvalue weighted by atomic mass is 10.2. The van der Waals surface area contributed by atoms with E-state index < -0.39 is 13.8 Å². The highest BCUT2D eigenvalue weighted by atomic mass is 32.2. The second kappa shape index (κ2) is 9.91. The third-order valence-corrected chi connectivity index (χ3v) is 11.9. The molecule has 8 heteroatoms. The van der Waals surface area contributed by atoms with Gasteiger partial charge in [-0.05, 0) is 27.4 Å². The van der Waals surface area contributed by atoms with Crippen molar-refractivity contribution in [3.63, 3.8) is 0 Å². The van der Waals surface area contributed by atoms with Crippen LogP contribution in [-0.2, 0) is 14.0 Å². The summed E-state index contributed by atoms with van der Waals surface area (Å²) >= 11 is 1.52. The highest BCUT2D eigenvalue weighted by Crippen LogP contribution is 2.40. The zero-order valence-electron chi connectivity index (χ0n) is 18.4. The standard InChI is InChI=1S/C23H29N3O3SSi/c1-17(27)29-22-21(25-26-24)15-18(30-22)16-28-31(23(2,3)4,19-11-7-5-8-12-19)20-13-9-6-10-14-20/h5-14,18,21-22H,15-16H2,1-4H3/t18-,21?,22?/m1/s1. The molecule has 6 nitrogen and oxygen atoms in total. The number of carbonyl (C=O) groups excluding carboxylic acids is 1. The van der Waals surface area contributed by atoms with Gasteiger partial charge in [-0.1, -0.05) is 86.5 Å². The molecular formula is C23H29N3O3SSi. The molecule has 31 heavy (non-hydrogen) atoms. The van der Waals surface area contributed by atoms with E-state index in [4.69, 9.17) is 14.7 Å². The molecule has 164 valence electrons. The number of esters is 1. The van der Waals surface area contributed by atoms with Crippen LogP contribution in [0, 0.1) is 0 Å². The van der Waals surface area contributed by atoms with E-state index in [1.54, 1.807) is 0 Å². The Kier molecular flexibility index (Phi) is 7.49. The van der Waals surface area contributed by atoms with Crippen LogP contribution in [0.25, 0.3) is 10.4 Å². The molecule has 1 aliphatic heterocycles. The van der Waals surface area contributed by atoms with E-state index in [-0.39, 0.29) is 22.3 Å². The van der Waals surface area contributed by atoms with E-state index in [0.717, 1.165) is 0 Å². The number of rotatable bonds is 7. The van der Waals surface area contributed by atoms with Crippen molar-refractivity contribution in [1.82, 2.24) is 0 Å². The predicted molar refractivity (Wildman–Crippen MR) is 128 cm³/mol. The van der Waals surface area contributed by atoms with Gasteiger partial charge < -0.3 is 9.16 Å². The van der Waals surface area contributed by atoms with Crippen LogP contribution in [0.3, 0.4) is 0 Å². The molecule has 0 aromatic heterocycles. The van der Waals surface area contributed by atoms with Crippen LogP contribution in [0.2, 0.25) is 5.04 Å². The zero-order chi connectivity index (χ0) is 22.5. The fourth-order valence-corrected chi connectivity index (χ4v) is 10.3. The molecule has 0 aliphatic carbocycles. The molecule has 3 rings (SSSR count). The van der Waals surface area contributed by atoms with Crippen molar-refractivity contribution in [1.29, 1.82) is 0 Å². The summed E-state index contributed by atoms with van der Waals surface area (Å²) in [5, 5.41) is 6.26. The Morgan fingerprint density at radius 3 is 2.13 bits per heavy atom. The molecule has 2 unspecified atom stereocenters. The monoisotopic (exact) mass is 455 g/mol. The van der Waals surface area contributed by atoms with Crippen LogP contribution in [0.1, 0.15) is 34.1 Å². The van der Waals surface area contributed by atoms with Crippen LogP contribution < -0.4 is 10.4 Å². The van der Waals surface area contributed by atoms with Crippen molar-refractivity contribution < 1.29 is 14.0 Å². The first-order chi connectivity index (χ1) is 14.8. The molecule has 2 aromatic carbocycles. The summed E-state index contributed by atoms with van der Waals surface area (Å²) < 4.78 is 12.4. The fraction of sp³-hybridized carbons (Fsp3) is 0.435. The van der Waals surface area contributed by atoms with E-state index in [1.807, 2.05) is 12.1 Å². The molecular weight excluding hydrogens is 426 g/mol. The van der Waals surface area contributed by atoms with E-state index in [9.17, 15) is 4.79 Å². The van der Waals surface area contributed by atoms with Crippen molar-refractivity contribution in [2.75, 3.05) is 6.61 Å². The first-order valence-electron chi connectivity index (χ1n) is 10.4. The van der Waals surface area contributed by atoms with Gasteiger partial charge in [-0.2, -0.15) is 0 Å². The quantitative estimate of drug-likeness (QED) is 0.200. The molecule has 1 saturated heterocycles. The lowest BCUT2D eigenvalue weighted by Crippen LogP contribution is -2.67. The van der Waals surface area contributed by atoms with Gasteiger partial charge in [0.15, 0.2) is 5.44 Å². The summed E-state index contributed by atoms with van der Waals surface area (Å²) in [7, 11) is -2.64. The Morgan fingerprint density at radius 1 is 1.13 bits per heavy atom. The summed E-state index contributed by atoms with van der Waals surface area (Å²) in [5.41, 5.74) is 8.44. The van der Waals surface area contributed by atoms with Crippen molar-refractivity contribution >= 4 is 36.4 Å². The van der Waals surface area contributed by atoms with Gasteiger partial charge in [-0.25, -0.2) is 0 Å². The van der Waals surface area contributed by atoms with E-state index in [0.29, 0.717) is 13.0 Å². The van der Waals surface area contributed by atoms with Gasteiger partial charge in [-0.3, -0.25) is 4.79 Å². The SMILES string of the molecule is CC(=O)OC1S[C@@H](CO[Si](c2ccccc2)(c2ccccc2)C(C)(C)C)CC1N=[N+]=[N-]. The van der Waals surface area contributed by atoms with E-state index in [2.05, 4.69) is 79.3 Å². The topological polar surface area (TPSA) is 84.3 Å². The molecule has 1 fully saturated rings. The van der Waals surface area contributed by atoms with Crippen molar-refractivity contribution in [2.24, 2.45) is 5.11 Å². The van der Waals surface area contributed by atoms with E-state index in [1.165, 1.54) is 29.1 Å². The third-order valence-electron chi connectivity index (χ3n) is 5.53. The average Bonchev–Trinajstić information content (AvgIpc) is 3.10. The Bertz CT molecular complexity index is 891. The number of nitrogens with zero attached hydrogens (tertiary/aromatic N) is 3. The molecule has 3 atom stereocenters. The van der Waals surface area contributed by atoms with Crippen LogP contribution in [0.5, 0.6) is 0 Å². The molecule has 0 bridgehead atoms. The maximum absolute atomic E-state index is 11.5. The van der Waals surface area contributed by atoms with Gasteiger partial charge in [0.05, 0.1) is 6.04 Å². The molecule has 0 spiro atoms. The van der Waals surface area contributed by atoms with Gasteiger partial charge >= 0.3 is 5.97 Å². The lowest BCUT2D eigenvalue weighted by Gasteiger charge is -2.43. The summed E-state index contributed by atoms with van der Waals surface area (Å²) in [6, 6.07) is 20.6. The average molecular weight is 456 g/mol. The molecule has 2 aromatic rings. The number of carbonyl (C=O) groups is 1. The van der Waals surface area contributed by atoms with Crippen molar-refractivity contribution in [3.8, 4) is 0 Å². The van der Waals surface area contributed by atoms with Crippen LogP contribution in [-0.4, -0.2) is 37.6 Å². The largest absolute Gasteiger partial charge is 0.451 e. The molecule has 1 aliphatic rings. The second-order valence-electron chi connectivity index (χ2n) is 8.72. The molecule has 0 radical (unpaired) electrons. The Morgan fingerprint density at radius 2 is 1.68 bits per heavy atom. The molecule has 1 heterocycles. The zero-order valence-corrected chi connectivity index (χ0v) is 20.2. The van der Waals surface area contributed by atoms with Crippen molar-refractivity contribution in [3.05, 3.63) is 71.1 Å². The number of azide groups is 1. The molecule has 0 saturated carbocycles. The smallest absolute Gasteiger partial charge is 0.303 e. The first-order valence-corrected chi connectivity index (χ1v) is 13.2. The minimum atomic E-state index is -2.64. The Balaban J connectivity index is 1.93. The summed E-state index contributed by atoms with van der Waals surface area (Å²) in [4.78, 5) is 14.4.